The molecule has 1 amide bonds. The molecule has 8 heteroatoms. The summed E-state index contributed by atoms with van der Waals surface area (Å²) in [6.07, 6.45) is -0.374. The van der Waals surface area contributed by atoms with Crippen LogP contribution in [0.15, 0.2) is 54.6 Å². The van der Waals surface area contributed by atoms with E-state index in [-0.39, 0.29) is 38.4 Å². The number of carbonyl (C=O) groups is 2. The summed E-state index contributed by atoms with van der Waals surface area (Å²) in [7, 11) is 0. The summed E-state index contributed by atoms with van der Waals surface area (Å²) in [4.78, 5) is 32.0. The van der Waals surface area contributed by atoms with Crippen molar-refractivity contribution < 1.29 is 29.0 Å². The van der Waals surface area contributed by atoms with Crippen molar-refractivity contribution in [3.05, 3.63) is 65.7 Å². The van der Waals surface area contributed by atoms with Crippen molar-refractivity contribution in [2.45, 2.75) is 38.8 Å². The summed E-state index contributed by atoms with van der Waals surface area (Å²) in [6, 6.07) is 15.7. The van der Waals surface area contributed by atoms with Crippen molar-refractivity contribution in [2.24, 2.45) is 0 Å². The molecule has 0 bridgehead atoms. The molecular weight excluding hydrogens is 513 g/mol. The summed E-state index contributed by atoms with van der Waals surface area (Å²) in [5.74, 6) is -0.460. The molecule has 31 heavy (non-hydrogen) atoms. The Labute approximate surface area is 196 Å². The molecule has 0 fully saturated rings. The Bertz CT molecular complexity index is 830. The number of hydrogen-bond acceptors (Lipinski definition) is 6. The minimum absolute atomic E-state index is 0.0472. The normalized spacial score (nSPS) is 12.6. The average Bonchev–Trinajstić information content (AvgIpc) is 2.79. The third kappa shape index (κ3) is 6.83. The van der Waals surface area contributed by atoms with E-state index >= 15 is 0 Å². The first-order valence-corrected chi connectivity index (χ1v) is 11.6. The van der Waals surface area contributed by atoms with E-state index < -0.39 is 17.6 Å². The van der Waals surface area contributed by atoms with Crippen LogP contribution in [0.3, 0.4) is 0 Å². The van der Waals surface area contributed by atoms with Crippen molar-refractivity contribution in [1.29, 1.82) is 0 Å². The number of amides is 1. The zero-order valence-electron chi connectivity index (χ0n) is 17.8. The van der Waals surface area contributed by atoms with Gasteiger partial charge in [-0.05, 0) is 36.6 Å². The average molecular weight is 541 g/mol. The van der Waals surface area contributed by atoms with E-state index in [0.717, 1.165) is 16.2 Å². The van der Waals surface area contributed by atoms with E-state index in [2.05, 4.69) is 22.6 Å². The van der Waals surface area contributed by atoms with Crippen LogP contribution in [0.25, 0.3) is 0 Å². The Kier molecular flexibility index (Phi) is 10.1. The molecular formula is C23H28INO6. The maximum absolute atomic E-state index is 13.1. The summed E-state index contributed by atoms with van der Waals surface area (Å²) < 4.78 is 11.5. The number of esters is 1. The van der Waals surface area contributed by atoms with Crippen molar-refractivity contribution in [3.63, 3.8) is 0 Å². The van der Waals surface area contributed by atoms with Gasteiger partial charge in [0.15, 0.2) is 5.54 Å². The number of carbonyl (C=O) groups excluding carboxylic acids is 2. The predicted molar refractivity (Wildman–Crippen MR) is 125 cm³/mol. The highest BCUT2D eigenvalue weighted by atomic mass is 127. The van der Waals surface area contributed by atoms with Crippen molar-refractivity contribution in [1.82, 2.24) is 5.06 Å². The number of phenols is 1. The van der Waals surface area contributed by atoms with Gasteiger partial charge in [0.25, 0.3) is 0 Å². The Balaban J connectivity index is 2.37. The first-order chi connectivity index (χ1) is 15.0. The molecule has 2 rings (SSSR count). The van der Waals surface area contributed by atoms with Crippen molar-refractivity contribution in [3.8, 4) is 5.75 Å². The number of benzene rings is 2. The lowest BCUT2D eigenvalue weighted by molar-refractivity contribution is -0.212. The van der Waals surface area contributed by atoms with Crippen LogP contribution in [0, 0.1) is 0 Å². The van der Waals surface area contributed by atoms with E-state index in [1.165, 1.54) is 12.1 Å². The number of alkyl halides is 1. The number of halogens is 1. The van der Waals surface area contributed by atoms with Crippen molar-refractivity contribution in [2.75, 3.05) is 17.6 Å². The molecule has 2 aromatic rings. The number of hydrogen-bond donors (Lipinski definition) is 1. The van der Waals surface area contributed by atoms with Crippen LogP contribution in [0.4, 0.5) is 4.79 Å². The molecule has 1 atom stereocenters. The predicted octanol–water partition coefficient (Wildman–Crippen LogP) is 4.65. The summed E-state index contributed by atoms with van der Waals surface area (Å²) in [5, 5.41) is 10.6. The van der Waals surface area contributed by atoms with E-state index in [1.54, 1.807) is 26.0 Å². The Morgan fingerprint density at radius 2 is 1.68 bits per heavy atom. The molecule has 7 nitrogen and oxygen atoms in total. The molecule has 168 valence electrons. The molecule has 0 aliphatic rings. The number of rotatable bonds is 11. The van der Waals surface area contributed by atoms with Crippen LogP contribution in [0.5, 0.6) is 5.75 Å². The monoisotopic (exact) mass is 541 g/mol. The minimum atomic E-state index is -1.42. The first kappa shape index (κ1) is 24.9. The van der Waals surface area contributed by atoms with Gasteiger partial charge in [-0.3, -0.25) is 4.84 Å². The molecule has 0 radical (unpaired) electrons. The third-order valence-electron chi connectivity index (χ3n) is 4.73. The molecule has 0 saturated carbocycles. The number of ether oxygens (including phenoxy) is 2. The minimum Gasteiger partial charge on any atom is -0.508 e. The van der Waals surface area contributed by atoms with Crippen LogP contribution in [0.1, 0.15) is 31.4 Å². The molecule has 0 aliphatic carbocycles. The van der Waals surface area contributed by atoms with Gasteiger partial charge in [0.1, 0.15) is 12.4 Å². The Morgan fingerprint density at radius 3 is 2.26 bits per heavy atom. The molecule has 0 aromatic heterocycles. The molecule has 2 aromatic carbocycles. The molecule has 0 heterocycles. The van der Waals surface area contributed by atoms with E-state index in [4.69, 9.17) is 14.3 Å². The zero-order chi connectivity index (χ0) is 22.7. The van der Waals surface area contributed by atoms with E-state index in [9.17, 15) is 14.7 Å². The van der Waals surface area contributed by atoms with Gasteiger partial charge in [-0.25, -0.2) is 9.59 Å². The van der Waals surface area contributed by atoms with Crippen LogP contribution in [0.2, 0.25) is 0 Å². The highest BCUT2D eigenvalue weighted by Gasteiger charge is 2.49. The highest BCUT2D eigenvalue weighted by Crippen LogP contribution is 2.29. The maximum atomic E-state index is 13.1. The van der Waals surface area contributed by atoms with Gasteiger partial charge in [0, 0.05) is 10.8 Å². The van der Waals surface area contributed by atoms with Crippen LogP contribution >= 0.6 is 22.6 Å². The van der Waals surface area contributed by atoms with Gasteiger partial charge >= 0.3 is 12.1 Å². The second-order valence-corrected chi connectivity index (χ2v) is 7.88. The SMILES string of the molecule is CCOC(=O)[C@](CC)(Cc1ccc(O)cc1)N(OCCI)C(=O)OCc1ccccc1. The first-order valence-electron chi connectivity index (χ1n) is 10.1. The third-order valence-corrected chi connectivity index (χ3v) is 5.17. The quantitative estimate of drug-likeness (QED) is 0.193. The molecule has 0 unspecified atom stereocenters. The lowest BCUT2D eigenvalue weighted by atomic mass is 9.87. The number of aromatic hydroxyl groups is 1. The Morgan fingerprint density at radius 1 is 1.00 bits per heavy atom. The van der Waals surface area contributed by atoms with Gasteiger partial charge in [-0.15, -0.1) is 0 Å². The lowest BCUT2D eigenvalue weighted by Gasteiger charge is -2.39. The van der Waals surface area contributed by atoms with Gasteiger partial charge in [0.05, 0.1) is 13.2 Å². The Hall–Kier alpha value is -2.33. The second-order valence-electron chi connectivity index (χ2n) is 6.81. The smallest absolute Gasteiger partial charge is 0.435 e. The van der Waals surface area contributed by atoms with E-state index in [1.807, 2.05) is 30.3 Å². The lowest BCUT2D eigenvalue weighted by Crippen LogP contribution is -2.59. The standard InChI is InChI=1S/C23H28INO6/c1-3-23(21(27)29-4-2,16-18-10-12-20(26)13-11-18)25(31-15-14-24)22(28)30-17-19-8-6-5-7-9-19/h5-13,26H,3-4,14-17H2,1-2H3/t23-/m0/s1. The van der Waals surface area contributed by atoms with Crippen LogP contribution in [-0.2, 0) is 32.1 Å². The van der Waals surface area contributed by atoms with Crippen LogP contribution < -0.4 is 0 Å². The number of nitrogens with zero attached hydrogens (tertiary/aromatic N) is 1. The summed E-state index contributed by atoms with van der Waals surface area (Å²) in [6.45, 7) is 3.93. The summed E-state index contributed by atoms with van der Waals surface area (Å²) >= 11 is 2.13. The van der Waals surface area contributed by atoms with Gasteiger partial charge < -0.3 is 14.6 Å². The molecule has 0 saturated heterocycles. The fraction of sp³-hybridized carbons (Fsp3) is 0.391. The fourth-order valence-corrected chi connectivity index (χ4v) is 3.31. The topological polar surface area (TPSA) is 85.3 Å². The van der Waals surface area contributed by atoms with E-state index in [0.29, 0.717) is 4.43 Å². The largest absolute Gasteiger partial charge is 0.508 e. The number of hydroxylamine groups is 2. The highest BCUT2D eigenvalue weighted by molar-refractivity contribution is 14.1. The van der Waals surface area contributed by atoms with Gasteiger partial charge in [-0.1, -0.05) is 72.0 Å². The van der Waals surface area contributed by atoms with Crippen LogP contribution in [-0.4, -0.2) is 45.4 Å². The maximum Gasteiger partial charge on any atom is 0.435 e. The molecule has 1 N–H and O–H groups in total. The second kappa shape index (κ2) is 12.5. The molecule has 0 aliphatic heterocycles. The molecule has 0 spiro atoms. The van der Waals surface area contributed by atoms with Crippen molar-refractivity contribution >= 4 is 34.7 Å². The number of phenolic OH excluding ortho intramolecular Hbond substituents is 1. The fourth-order valence-electron chi connectivity index (χ4n) is 3.11. The zero-order valence-corrected chi connectivity index (χ0v) is 19.9. The van der Waals surface area contributed by atoms with Gasteiger partial charge in [0.2, 0.25) is 0 Å². The van der Waals surface area contributed by atoms with Gasteiger partial charge in [-0.2, -0.15) is 5.06 Å². The summed E-state index contributed by atoms with van der Waals surface area (Å²) in [5.41, 5.74) is 0.139.